The summed E-state index contributed by atoms with van der Waals surface area (Å²) in [5.74, 6) is -3.50. The van der Waals surface area contributed by atoms with Crippen LogP contribution in [0.1, 0.15) is 36.0 Å². The Kier molecular flexibility index (Phi) is 6.22. The van der Waals surface area contributed by atoms with Crippen molar-refractivity contribution in [1.82, 2.24) is 9.58 Å². The van der Waals surface area contributed by atoms with Crippen molar-refractivity contribution in [2.75, 3.05) is 38.7 Å². The third-order valence-corrected chi connectivity index (χ3v) is 7.76. The van der Waals surface area contributed by atoms with Crippen molar-refractivity contribution in [3.8, 4) is 5.75 Å². The Labute approximate surface area is 233 Å². The molecule has 2 aromatic carbocycles. The van der Waals surface area contributed by atoms with Crippen LogP contribution in [0.5, 0.6) is 5.75 Å². The SMILES string of the molecule is [2H]C1([2H])Sc2ccccc2[C@@H](N2[C@@H]3COCCN3C(=O)c3c(OCOC(=O)OC)c(=O)ccn32)c2ccc(F)c(F)c21. The molecule has 208 valence electrons. The molecule has 0 spiro atoms. The van der Waals surface area contributed by atoms with Crippen molar-refractivity contribution in [3.05, 3.63) is 92.9 Å². The number of rotatable bonds is 4. The fraction of sp³-hybridized carbons (Fsp3) is 0.296. The molecule has 0 saturated carbocycles. The number of carbonyl (C=O) groups excluding carboxylic acids is 2. The van der Waals surface area contributed by atoms with Gasteiger partial charge >= 0.3 is 6.16 Å². The fourth-order valence-corrected chi connectivity index (χ4v) is 5.97. The third-order valence-electron chi connectivity index (χ3n) is 6.87. The van der Waals surface area contributed by atoms with E-state index in [1.54, 1.807) is 29.3 Å². The van der Waals surface area contributed by atoms with E-state index in [1.807, 2.05) is 0 Å². The number of benzene rings is 2. The van der Waals surface area contributed by atoms with Crippen LogP contribution in [0.15, 0.2) is 58.4 Å². The van der Waals surface area contributed by atoms with Crippen molar-refractivity contribution < 1.29 is 40.1 Å². The van der Waals surface area contributed by atoms with E-state index in [0.29, 0.717) is 10.5 Å². The molecule has 2 atom stereocenters. The van der Waals surface area contributed by atoms with Gasteiger partial charge < -0.3 is 23.8 Å². The van der Waals surface area contributed by atoms with Crippen molar-refractivity contribution in [1.29, 1.82) is 0 Å². The molecule has 10 nitrogen and oxygen atoms in total. The van der Waals surface area contributed by atoms with Gasteiger partial charge in [-0.2, -0.15) is 0 Å². The number of halogens is 2. The van der Waals surface area contributed by atoms with Gasteiger partial charge in [0.1, 0.15) is 6.17 Å². The minimum Gasteiger partial charge on any atom is -0.451 e. The molecule has 6 rings (SSSR count). The lowest BCUT2D eigenvalue weighted by atomic mass is 9.93. The van der Waals surface area contributed by atoms with Crippen LogP contribution in [0.4, 0.5) is 13.6 Å². The Hall–Kier alpha value is -4.10. The number of hydrogen-bond donors (Lipinski definition) is 0. The van der Waals surface area contributed by atoms with Crippen LogP contribution in [-0.2, 0) is 19.9 Å². The summed E-state index contributed by atoms with van der Waals surface area (Å²) in [6.45, 7) is -0.369. The van der Waals surface area contributed by atoms with Gasteiger partial charge in [-0.15, -0.1) is 11.8 Å². The van der Waals surface area contributed by atoms with Crippen molar-refractivity contribution in [3.63, 3.8) is 0 Å². The summed E-state index contributed by atoms with van der Waals surface area (Å²) in [6, 6.07) is 9.30. The molecule has 40 heavy (non-hydrogen) atoms. The van der Waals surface area contributed by atoms with E-state index in [2.05, 4.69) is 4.74 Å². The fourth-order valence-electron chi connectivity index (χ4n) is 5.11. The first-order chi connectivity index (χ1) is 20.1. The highest BCUT2D eigenvalue weighted by atomic mass is 32.2. The molecule has 0 radical (unpaired) electrons. The number of morpholine rings is 1. The predicted octanol–water partition coefficient (Wildman–Crippen LogP) is 3.39. The zero-order valence-electron chi connectivity index (χ0n) is 23.0. The second kappa shape index (κ2) is 10.5. The van der Waals surface area contributed by atoms with Crippen molar-refractivity contribution in [2.24, 2.45) is 0 Å². The van der Waals surface area contributed by atoms with Gasteiger partial charge in [0.25, 0.3) is 5.91 Å². The third kappa shape index (κ3) is 4.25. The molecule has 1 amide bonds. The molecule has 0 N–H and O–H groups in total. The van der Waals surface area contributed by atoms with E-state index in [1.165, 1.54) is 21.8 Å². The van der Waals surface area contributed by atoms with Gasteiger partial charge in [0.2, 0.25) is 18.0 Å². The monoisotopic (exact) mass is 573 g/mol. The van der Waals surface area contributed by atoms with E-state index < -0.39 is 65.1 Å². The Bertz CT molecular complexity index is 1660. The lowest BCUT2D eigenvalue weighted by molar-refractivity contribution is -0.0209. The van der Waals surface area contributed by atoms with E-state index >= 15 is 4.39 Å². The summed E-state index contributed by atoms with van der Waals surface area (Å²) < 4.78 is 69.4. The number of carbonyl (C=O) groups is 2. The zero-order chi connectivity index (χ0) is 29.8. The largest absolute Gasteiger partial charge is 0.510 e. The highest BCUT2D eigenvalue weighted by molar-refractivity contribution is 7.98. The smallest absolute Gasteiger partial charge is 0.451 e. The lowest BCUT2D eigenvalue weighted by Crippen LogP contribution is -2.66. The minimum atomic E-state index is -2.37. The molecular formula is C27H23F2N3O7S. The number of hydrogen-bond acceptors (Lipinski definition) is 9. The molecule has 3 aromatic rings. The average Bonchev–Trinajstić information content (AvgIpc) is 3.07. The maximum Gasteiger partial charge on any atom is 0.510 e. The number of amides is 1. The minimum absolute atomic E-state index is 0.0245. The number of ether oxygens (including phenoxy) is 4. The summed E-state index contributed by atoms with van der Waals surface area (Å²) in [4.78, 5) is 40.2. The predicted molar refractivity (Wildman–Crippen MR) is 138 cm³/mol. The second-order valence-electron chi connectivity index (χ2n) is 8.97. The summed E-state index contributed by atoms with van der Waals surface area (Å²) in [5, 5.41) is 1.67. The second-order valence-corrected chi connectivity index (χ2v) is 9.82. The van der Waals surface area contributed by atoms with Gasteiger partial charge in [-0.05, 0) is 23.3 Å². The first kappa shape index (κ1) is 23.8. The Balaban J connectivity index is 1.61. The number of nitrogens with zero attached hydrogens (tertiary/aromatic N) is 3. The summed E-state index contributed by atoms with van der Waals surface area (Å²) >= 11 is 0.745. The molecule has 3 aliphatic heterocycles. The van der Waals surface area contributed by atoms with Crippen LogP contribution >= 0.6 is 11.8 Å². The van der Waals surface area contributed by atoms with Crippen LogP contribution in [0.25, 0.3) is 0 Å². The number of pyridine rings is 1. The quantitative estimate of drug-likeness (QED) is 0.344. The van der Waals surface area contributed by atoms with Crippen LogP contribution in [0.2, 0.25) is 0 Å². The van der Waals surface area contributed by atoms with Crippen molar-refractivity contribution in [2.45, 2.75) is 22.8 Å². The van der Waals surface area contributed by atoms with Crippen LogP contribution < -0.4 is 15.2 Å². The summed E-state index contributed by atoms with van der Waals surface area (Å²) in [5.41, 5.74) is -3.03. The average molecular weight is 574 g/mol. The molecule has 1 saturated heterocycles. The molecule has 3 aliphatic rings. The van der Waals surface area contributed by atoms with Gasteiger partial charge in [0.05, 0.1) is 26.4 Å². The first-order valence-corrected chi connectivity index (χ1v) is 13.0. The highest BCUT2D eigenvalue weighted by Crippen LogP contribution is 2.45. The standard InChI is InChI=1S/C27H23F2N3O7S/c1-36-27(35)39-14-38-25-19(33)8-9-31-24(25)26(34)30-10-11-37-12-21(30)32(31)23-15-6-7-18(28)22(29)17(15)13-40-20-5-3-2-4-16(20)23/h2-9,21,23H,10-14H2,1H3/t21-,23+/m1/s1/i13D2. The molecule has 0 unspecified atom stereocenters. The molecule has 0 bridgehead atoms. The van der Waals surface area contributed by atoms with Gasteiger partial charge in [0, 0.05) is 37.7 Å². The van der Waals surface area contributed by atoms with Crippen LogP contribution in [0, 0.1) is 11.6 Å². The van der Waals surface area contributed by atoms with Crippen molar-refractivity contribution >= 4 is 23.8 Å². The summed E-state index contributed by atoms with van der Waals surface area (Å²) in [6.07, 6.45) is -0.508. The number of aromatic nitrogens is 1. The van der Waals surface area contributed by atoms with E-state index in [9.17, 15) is 18.8 Å². The van der Waals surface area contributed by atoms with E-state index in [4.69, 9.17) is 17.0 Å². The topological polar surface area (TPSA) is 99.5 Å². The van der Waals surface area contributed by atoms with Crippen LogP contribution in [-0.4, -0.2) is 61.5 Å². The van der Waals surface area contributed by atoms with Gasteiger partial charge in [0.15, 0.2) is 17.3 Å². The number of thioether (sulfide) groups is 1. The Morgan fingerprint density at radius 3 is 2.83 bits per heavy atom. The molecule has 4 heterocycles. The summed E-state index contributed by atoms with van der Waals surface area (Å²) in [7, 11) is 1.10. The Morgan fingerprint density at radius 1 is 1.18 bits per heavy atom. The molecule has 1 fully saturated rings. The zero-order valence-corrected chi connectivity index (χ0v) is 21.8. The molecule has 0 aliphatic carbocycles. The van der Waals surface area contributed by atoms with Gasteiger partial charge in [-0.1, -0.05) is 24.3 Å². The first-order valence-electron chi connectivity index (χ1n) is 13.2. The van der Waals surface area contributed by atoms with E-state index in [-0.39, 0.29) is 31.0 Å². The lowest BCUT2D eigenvalue weighted by Gasteiger charge is -2.51. The van der Waals surface area contributed by atoms with Gasteiger partial charge in [-0.3, -0.25) is 19.3 Å². The maximum absolute atomic E-state index is 15.5. The number of methoxy groups -OCH3 is 1. The molecule has 13 heteroatoms. The van der Waals surface area contributed by atoms with Crippen LogP contribution in [0.3, 0.4) is 0 Å². The number of fused-ring (bicyclic) bond motifs is 4. The molecular weight excluding hydrogens is 548 g/mol. The maximum atomic E-state index is 15.5. The highest BCUT2D eigenvalue weighted by Gasteiger charge is 2.46. The normalized spacial score (nSPS) is 21.5. The molecule has 1 aromatic heterocycles. The van der Waals surface area contributed by atoms with E-state index in [0.717, 1.165) is 31.0 Å². The Morgan fingerprint density at radius 2 is 2.00 bits per heavy atom. The van der Waals surface area contributed by atoms with Gasteiger partial charge in [-0.25, -0.2) is 13.6 Å².